The lowest BCUT2D eigenvalue weighted by atomic mass is 9.81. The number of carbonyl (C=O) groups excluding carboxylic acids is 2. The first kappa shape index (κ1) is 15.3. The lowest BCUT2D eigenvalue weighted by Gasteiger charge is -2.19. The molecule has 0 bridgehead atoms. The van der Waals surface area contributed by atoms with E-state index in [-0.39, 0.29) is 11.6 Å². The summed E-state index contributed by atoms with van der Waals surface area (Å²) in [5, 5.41) is 0. The summed E-state index contributed by atoms with van der Waals surface area (Å²) in [5.74, 6) is -0.164. The van der Waals surface area contributed by atoms with Gasteiger partial charge in [0.25, 0.3) is 0 Å². The van der Waals surface area contributed by atoms with Crippen molar-refractivity contribution >= 4 is 34.9 Å². The van der Waals surface area contributed by atoms with Gasteiger partial charge in [-0.15, -0.1) is 0 Å². The van der Waals surface area contributed by atoms with Crippen molar-refractivity contribution in [1.29, 1.82) is 0 Å². The third-order valence-corrected chi connectivity index (χ3v) is 5.78. The molecule has 6 rings (SSSR count). The van der Waals surface area contributed by atoms with Gasteiger partial charge in [-0.3, -0.25) is 9.59 Å². The van der Waals surface area contributed by atoms with Crippen LogP contribution in [0.4, 0.5) is 0 Å². The fraction of sp³-hybridized carbons (Fsp3) is 0. The Kier molecular flexibility index (Phi) is 2.93. The lowest BCUT2D eigenvalue weighted by molar-refractivity contribution is -0.114. The second-order valence-corrected chi connectivity index (χ2v) is 7.27. The monoisotopic (exact) mass is 358 g/mol. The van der Waals surface area contributed by atoms with E-state index in [2.05, 4.69) is 0 Å². The summed E-state index contributed by atoms with van der Waals surface area (Å²) in [7, 11) is 0. The van der Waals surface area contributed by atoms with Crippen molar-refractivity contribution < 1.29 is 9.59 Å². The highest BCUT2D eigenvalue weighted by atomic mass is 16.1. The maximum Gasteiger partial charge on any atom is 0.194 e. The highest BCUT2D eigenvalue weighted by Gasteiger charge is 2.35. The zero-order chi connectivity index (χ0) is 18.8. The molecule has 0 atom stereocenters. The van der Waals surface area contributed by atoms with E-state index in [0.29, 0.717) is 22.3 Å². The molecule has 2 aromatic carbocycles. The second-order valence-electron chi connectivity index (χ2n) is 7.27. The number of benzene rings is 2. The summed E-state index contributed by atoms with van der Waals surface area (Å²) in [6, 6.07) is 16.0. The number of ketones is 2. The molecule has 0 heterocycles. The maximum absolute atomic E-state index is 13.2. The second kappa shape index (κ2) is 5.37. The first-order valence-electron chi connectivity index (χ1n) is 9.29. The van der Waals surface area contributed by atoms with Crippen LogP contribution in [0.15, 0.2) is 95.1 Å². The van der Waals surface area contributed by atoms with Crippen molar-refractivity contribution in [2.24, 2.45) is 0 Å². The van der Waals surface area contributed by atoms with Gasteiger partial charge in [0.05, 0.1) is 0 Å². The molecule has 28 heavy (non-hydrogen) atoms. The van der Waals surface area contributed by atoms with E-state index in [4.69, 9.17) is 0 Å². The van der Waals surface area contributed by atoms with Gasteiger partial charge in [0, 0.05) is 22.3 Å². The lowest BCUT2D eigenvalue weighted by Crippen LogP contribution is -2.19. The number of hydrogen-bond acceptors (Lipinski definition) is 2. The van der Waals surface area contributed by atoms with Gasteiger partial charge in [0.1, 0.15) is 0 Å². The minimum Gasteiger partial charge on any atom is -0.289 e. The Morgan fingerprint density at radius 3 is 1.29 bits per heavy atom. The Morgan fingerprint density at radius 2 is 0.821 bits per heavy atom. The minimum atomic E-state index is -0.0822. The van der Waals surface area contributed by atoms with Gasteiger partial charge in [-0.2, -0.15) is 0 Å². The summed E-state index contributed by atoms with van der Waals surface area (Å²) < 4.78 is 0. The highest BCUT2D eigenvalue weighted by molar-refractivity contribution is 6.35. The van der Waals surface area contributed by atoms with Crippen molar-refractivity contribution in [3.63, 3.8) is 0 Å². The molecule has 0 saturated heterocycles. The molecule has 2 heteroatoms. The molecule has 0 unspecified atom stereocenters. The van der Waals surface area contributed by atoms with E-state index in [1.54, 1.807) is 12.2 Å². The average Bonchev–Trinajstić information content (AvgIpc) is 3.29. The molecular formula is C26H14O2. The molecule has 0 aromatic heterocycles. The topological polar surface area (TPSA) is 34.1 Å². The SMILES string of the molecule is O=C1C(C2=CC=C3C(=Cc4ccccc43)C2=O)=CC=C2C1=Cc1ccccc12. The van der Waals surface area contributed by atoms with E-state index in [1.165, 1.54) is 0 Å². The largest absolute Gasteiger partial charge is 0.289 e. The Hall–Kier alpha value is -3.78. The molecule has 0 fully saturated rings. The van der Waals surface area contributed by atoms with Crippen LogP contribution in [0, 0.1) is 0 Å². The van der Waals surface area contributed by atoms with Gasteiger partial charge >= 0.3 is 0 Å². The predicted molar refractivity (Wildman–Crippen MR) is 111 cm³/mol. The van der Waals surface area contributed by atoms with E-state index in [0.717, 1.165) is 33.4 Å². The van der Waals surface area contributed by atoms with Crippen LogP contribution in [-0.2, 0) is 9.59 Å². The summed E-state index contributed by atoms with van der Waals surface area (Å²) in [6.45, 7) is 0. The van der Waals surface area contributed by atoms with Crippen LogP contribution < -0.4 is 0 Å². The van der Waals surface area contributed by atoms with E-state index >= 15 is 0 Å². The maximum atomic E-state index is 13.2. The van der Waals surface area contributed by atoms with E-state index < -0.39 is 0 Å². The fourth-order valence-electron chi connectivity index (χ4n) is 4.43. The van der Waals surface area contributed by atoms with Gasteiger partial charge in [0.2, 0.25) is 0 Å². The van der Waals surface area contributed by atoms with Crippen LogP contribution in [0.1, 0.15) is 22.3 Å². The normalized spacial score (nSPS) is 18.7. The molecular weight excluding hydrogens is 344 g/mol. The van der Waals surface area contributed by atoms with Gasteiger partial charge in [-0.25, -0.2) is 0 Å². The van der Waals surface area contributed by atoms with Crippen molar-refractivity contribution in [1.82, 2.24) is 0 Å². The van der Waals surface area contributed by atoms with Crippen LogP contribution in [0.2, 0.25) is 0 Å². The zero-order valence-corrected chi connectivity index (χ0v) is 14.9. The molecule has 0 aliphatic heterocycles. The Labute approximate surface area is 162 Å². The first-order chi connectivity index (χ1) is 13.7. The quantitative estimate of drug-likeness (QED) is 0.722. The molecule has 4 aliphatic rings. The standard InChI is InChI=1S/C26H14O2/c27-25-21(11-9-19-17-7-3-1-5-15(17)13-23(19)25)22-12-10-20-18-8-4-2-6-16(18)14-24(20)26(22)28/h1-14H. The third kappa shape index (κ3) is 1.92. The van der Waals surface area contributed by atoms with Crippen LogP contribution in [0.5, 0.6) is 0 Å². The molecule has 2 aromatic rings. The number of rotatable bonds is 1. The van der Waals surface area contributed by atoms with E-state index in [1.807, 2.05) is 72.8 Å². The number of Topliss-reactive ketones (excluding diaryl/α,β-unsaturated/α-hetero) is 2. The minimum absolute atomic E-state index is 0.0822. The van der Waals surface area contributed by atoms with Gasteiger partial charge in [-0.05, 0) is 57.7 Å². The number of fused-ring (bicyclic) bond motifs is 6. The van der Waals surface area contributed by atoms with Crippen molar-refractivity contribution in [2.75, 3.05) is 0 Å². The molecule has 4 aliphatic carbocycles. The average molecular weight is 358 g/mol. The zero-order valence-electron chi connectivity index (χ0n) is 14.9. The van der Waals surface area contributed by atoms with Gasteiger partial charge in [-0.1, -0.05) is 60.7 Å². The summed E-state index contributed by atoms with van der Waals surface area (Å²) in [5.41, 5.74) is 8.41. The van der Waals surface area contributed by atoms with Gasteiger partial charge in [0.15, 0.2) is 11.6 Å². The van der Waals surface area contributed by atoms with Crippen molar-refractivity contribution in [2.45, 2.75) is 0 Å². The van der Waals surface area contributed by atoms with Crippen molar-refractivity contribution in [3.05, 3.63) is 117 Å². The van der Waals surface area contributed by atoms with Crippen LogP contribution in [-0.4, -0.2) is 11.6 Å². The molecule has 0 saturated carbocycles. The van der Waals surface area contributed by atoms with E-state index in [9.17, 15) is 9.59 Å². The highest BCUT2D eigenvalue weighted by Crippen LogP contribution is 2.44. The molecule has 130 valence electrons. The predicted octanol–water partition coefficient (Wildman–Crippen LogP) is 4.97. The Morgan fingerprint density at radius 1 is 0.429 bits per heavy atom. The molecule has 0 amide bonds. The first-order valence-corrected chi connectivity index (χ1v) is 9.29. The Bertz CT molecular complexity index is 1220. The molecule has 2 nitrogen and oxygen atoms in total. The summed E-state index contributed by atoms with van der Waals surface area (Å²) in [4.78, 5) is 26.4. The van der Waals surface area contributed by atoms with Crippen molar-refractivity contribution in [3.8, 4) is 0 Å². The molecule has 0 spiro atoms. The van der Waals surface area contributed by atoms with Crippen LogP contribution >= 0.6 is 0 Å². The smallest absolute Gasteiger partial charge is 0.194 e. The van der Waals surface area contributed by atoms with Gasteiger partial charge < -0.3 is 0 Å². The van der Waals surface area contributed by atoms with Crippen LogP contribution in [0.3, 0.4) is 0 Å². The molecule has 0 radical (unpaired) electrons. The Balaban J connectivity index is 1.45. The number of hydrogen-bond donors (Lipinski definition) is 0. The molecule has 0 N–H and O–H groups in total. The third-order valence-electron chi connectivity index (χ3n) is 5.78. The fourth-order valence-corrected chi connectivity index (χ4v) is 4.43. The number of carbonyl (C=O) groups is 2. The number of allylic oxidation sites excluding steroid dienone is 10. The summed E-state index contributed by atoms with van der Waals surface area (Å²) >= 11 is 0. The summed E-state index contributed by atoms with van der Waals surface area (Å²) in [6.07, 6.45) is 11.4. The van der Waals surface area contributed by atoms with Crippen LogP contribution in [0.25, 0.3) is 23.3 Å².